The summed E-state index contributed by atoms with van der Waals surface area (Å²) < 4.78 is 0. The molecule has 22 heavy (non-hydrogen) atoms. The molecule has 1 amide bonds. The Morgan fingerprint density at radius 1 is 1.41 bits per heavy atom. The highest BCUT2D eigenvalue weighted by atomic mass is 35.5. The number of nitrogens with one attached hydrogen (secondary N) is 1. The minimum absolute atomic E-state index is 0.0856. The summed E-state index contributed by atoms with van der Waals surface area (Å²) in [7, 11) is 0. The van der Waals surface area contributed by atoms with E-state index >= 15 is 0 Å². The molecule has 0 saturated carbocycles. The van der Waals surface area contributed by atoms with E-state index in [-0.39, 0.29) is 12.3 Å². The number of aromatic nitrogens is 1. The average Bonchev–Trinajstić information content (AvgIpc) is 2.84. The van der Waals surface area contributed by atoms with E-state index in [0.29, 0.717) is 21.1 Å². The second-order valence-corrected chi connectivity index (χ2v) is 7.61. The number of fused-ring (bicyclic) bond motifs is 1. The first-order valence-corrected chi connectivity index (χ1v) is 8.81. The van der Waals surface area contributed by atoms with E-state index in [1.807, 2.05) is 6.07 Å². The van der Waals surface area contributed by atoms with Crippen LogP contribution in [0.2, 0.25) is 10.0 Å². The van der Waals surface area contributed by atoms with Crippen LogP contribution in [0.4, 0.5) is 5.13 Å². The van der Waals surface area contributed by atoms with Gasteiger partial charge in [0, 0.05) is 4.88 Å². The highest BCUT2D eigenvalue weighted by Crippen LogP contribution is 2.32. The highest BCUT2D eigenvalue weighted by molar-refractivity contribution is 7.15. The second-order valence-electron chi connectivity index (χ2n) is 5.71. The number of amides is 1. The van der Waals surface area contributed by atoms with E-state index in [1.54, 1.807) is 23.5 Å². The molecule has 2 aromatic rings. The van der Waals surface area contributed by atoms with Crippen LogP contribution in [0.5, 0.6) is 0 Å². The topological polar surface area (TPSA) is 42.0 Å². The molecule has 3 rings (SSSR count). The van der Waals surface area contributed by atoms with Crippen molar-refractivity contribution in [3.8, 4) is 0 Å². The molecule has 0 unspecified atom stereocenters. The normalized spacial score (nSPS) is 17.1. The lowest BCUT2D eigenvalue weighted by Crippen LogP contribution is -2.14. The Hall–Kier alpha value is -1.10. The van der Waals surface area contributed by atoms with Crippen LogP contribution in [0.1, 0.15) is 29.5 Å². The molecular formula is C16H16Cl2N2OS. The van der Waals surface area contributed by atoms with E-state index in [9.17, 15) is 4.79 Å². The Morgan fingerprint density at radius 2 is 2.23 bits per heavy atom. The van der Waals surface area contributed by atoms with Gasteiger partial charge in [-0.15, -0.1) is 11.3 Å². The molecule has 0 bridgehead atoms. The van der Waals surface area contributed by atoms with Gasteiger partial charge in [0.1, 0.15) is 0 Å². The van der Waals surface area contributed by atoms with Gasteiger partial charge in [0.2, 0.25) is 5.91 Å². The van der Waals surface area contributed by atoms with Crippen LogP contribution in [0, 0.1) is 5.92 Å². The van der Waals surface area contributed by atoms with E-state index < -0.39 is 0 Å². The molecule has 3 nitrogen and oxygen atoms in total. The number of carbonyl (C=O) groups is 1. The molecule has 0 fully saturated rings. The Balaban J connectivity index is 1.65. The number of halogens is 2. The van der Waals surface area contributed by atoms with E-state index in [1.165, 1.54) is 11.3 Å². The lowest BCUT2D eigenvalue weighted by molar-refractivity contribution is -0.115. The van der Waals surface area contributed by atoms with Gasteiger partial charge in [-0.3, -0.25) is 4.79 Å². The van der Waals surface area contributed by atoms with Crippen LogP contribution in [0.15, 0.2) is 18.2 Å². The predicted molar refractivity (Wildman–Crippen MR) is 92.1 cm³/mol. The van der Waals surface area contributed by atoms with Crippen molar-refractivity contribution in [2.75, 3.05) is 5.32 Å². The summed E-state index contributed by atoms with van der Waals surface area (Å²) in [6.45, 7) is 2.26. The van der Waals surface area contributed by atoms with Crippen molar-refractivity contribution in [1.82, 2.24) is 4.98 Å². The Labute approximate surface area is 143 Å². The summed E-state index contributed by atoms with van der Waals surface area (Å²) in [6, 6.07) is 5.23. The molecule has 6 heteroatoms. The third-order valence-corrected chi connectivity index (χ3v) is 5.56. The number of aryl methyl sites for hydroxylation is 1. The first-order chi connectivity index (χ1) is 10.5. The highest BCUT2D eigenvalue weighted by Gasteiger charge is 2.20. The Kier molecular flexibility index (Phi) is 4.71. The largest absolute Gasteiger partial charge is 0.302 e. The molecule has 0 saturated heterocycles. The molecule has 0 spiro atoms. The van der Waals surface area contributed by atoms with Gasteiger partial charge in [-0.1, -0.05) is 36.2 Å². The van der Waals surface area contributed by atoms with Crippen molar-refractivity contribution in [2.45, 2.75) is 32.6 Å². The minimum atomic E-state index is -0.0856. The van der Waals surface area contributed by atoms with Gasteiger partial charge in [-0.25, -0.2) is 4.98 Å². The number of rotatable bonds is 3. The predicted octanol–water partition coefficient (Wildman–Crippen LogP) is 4.76. The molecule has 1 heterocycles. The van der Waals surface area contributed by atoms with Gasteiger partial charge in [0.15, 0.2) is 5.13 Å². The van der Waals surface area contributed by atoms with Gasteiger partial charge in [-0.2, -0.15) is 0 Å². The fourth-order valence-electron chi connectivity index (χ4n) is 2.59. The van der Waals surface area contributed by atoms with Gasteiger partial charge in [-0.05, 0) is 42.9 Å². The van der Waals surface area contributed by atoms with Gasteiger partial charge in [0.05, 0.1) is 22.2 Å². The van der Waals surface area contributed by atoms with Crippen molar-refractivity contribution in [3.05, 3.63) is 44.4 Å². The van der Waals surface area contributed by atoms with Crippen LogP contribution in [0.25, 0.3) is 0 Å². The number of carbonyl (C=O) groups excluding carboxylic acids is 1. The van der Waals surface area contributed by atoms with E-state index in [0.717, 1.165) is 24.1 Å². The van der Waals surface area contributed by atoms with Gasteiger partial charge < -0.3 is 5.32 Å². The summed E-state index contributed by atoms with van der Waals surface area (Å²) in [6.07, 6.45) is 3.51. The van der Waals surface area contributed by atoms with Crippen molar-refractivity contribution < 1.29 is 4.79 Å². The summed E-state index contributed by atoms with van der Waals surface area (Å²) >= 11 is 13.4. The summed E-state index contributed by atoms with van der Waals surface area (Å²) in [4.78, 5) is 18.0. The van der Waals surface area contributed by atoms with E-state index in [4.69, 9.17) is 23.2 Å². The molecule has 116 valence electrons. The fourth-order valence-corrected chi connectivity index (χ4v) is 4.10. The monoisotopic (exact) mass is 354 g/mol. The Bertz CT molecular complexity index is 714. The van der Waals surface area contributed by atoms with Crippen molar-refractivity contribution in [2.24, 2.45) is 5.92 Å². The van der Waals surface area contributed by atoms with Crippen LogP contribution in [0.3, 0.4) is 0 Å². The summed E-state index contributed by atoms with van der Waals surface area (Å²) in [5.74, 6) is 0.616. The smallest absolute Gasteiger partial charge is 0.230 e. The molecule has 1 aromatic carbocycles. The van der Waals surface area contributed by atoms with Crippen LogP contribution in [-0.4, -0.2) is 10.9 Å². The molecule has 1 aliphatic carbocycles. The van der Waals surface area contributed by atoms with Crippen molar-refractivity contribution in [1.29, 1.82) is 0 Å². The third-order valence-electron chi connectivity index (χ3n) is 3.78. The first kappa shape index (κ1) is 15.8. The zero-order chi connectivity index (χ0) is 15.7. The number of anilines is 1. The van der Waals surface area contributed by atoms with Gasteiger partial charge in [0.25, 0.3) is 0 Å². The van der Waals surface area contributed by atoms with Crippen LogP contribution >= 0.6 is 34.5 Å². The SMILES string of the molecule is C[C@@H]1CCc2nc(NC(=O)Cc3ccc(Cl)c(Cl)c3)sc2C1. The molecule has 1 aliphatic rings. The maximum absolute atomic E-state index is 12.1. The van der Waals surface area contributed by atoms with Crippen LogP contribution in [-0.2, 0) is 24.1 Å². The van der Waals surface area contributed by atoms with Crippen molar-refractivity contribution in [3.63, 3.8) is 0 Å². The number of nitrogens with zero attached hydrogens (tertiary/aromatic N) is 1. The Morgan fingerprint density at radius 3 is 3.00 bits per heavy atom. The molecular weight excluding hydrogens is 339 g/mol. The lowest BCUT2D eigenvalue weighted by atomic mass is 9.93. The zero-order valence-corrected chi connectivity index (χ0v) is 14.5. The molecule has 0 aliphatic heterocycles. The van der Waals surface area contributed by atoms with Gasteiger partial charge >= 0.3 is 0 Å². The number of hydrogen-bond donors (Lipinski definition) is 1. The number of hydrogen-bond acceptors (Lipinski definition) is 3. The first-order valence-electron chi connectivity index (χ1n) is 7.23. The van der Waals surface area contributed by atoms with Crippen molar-refractivity contribution >= 4 is 45.6 Å². The second kappa shape index (κ2) is 6.57. The molecule has 1 atom stereocenters. The molecule has 1 N–H and O–H groups in total. The van der Waals surface area contributed by atoms with E-state index in [2.05, 4.69) is 17.2 Å². The quantitative estimate of drug-likeness (QED) is 0.863. The van der Waals surface area contributed by atoms with Crippen LogP contribution < -0.4 is 5.32 Å². The summed E-state index contributed by atoms with van der Waals surface area (Å²) in [5.41, 5.74) is 1.98. The standard InChI is InChI=1S/C16H16Cl2N2OS/c1-9-2-5-13-14(6-9)22-16(19-13)20-15(21)8-10-3-4-11(17)12(18)7-10/h3-4,7,9H,2,5-6,8H2,1H3,(H,19,20,21)/t9-/m1/s1. The summed E-state index contributed by atoms with van der Waals surface area (Å²) in [5, 5.41) is 4.54. The third kappa shape index (κ3) is 3.62. The maximum atomic E-state index is 12.1. The lowest BCUT2D eigenvalue weighted by Gasteiger charge is -2.15. The fraction of sp³-hybridized carbons (Fsp3) is 0.375. The number of benzene rings is 1. The average molecular weight is 355 g/mol. The molecule has 0 radical (unpaired) electrons. The zero-order valence-electron chi connectivity index (χ0n) is 12.2. The molecule has 1 aromatic heterocycles. The maximum Gasteiger partial charge on any atom is 0.230 e. The number of thiazole rings is 1. The minimum Gasteiger partial charge on any atom is -0.302 e.